The minimum atomic E-state index is 0.779. The summed E-state index contributed by atoms with van der Waals surface area (Å²) >= 11 is 1.83. The largest absolute Gasteiger partial charge is 0.135 e. The van der Waals surface area contributed by atoms with Crippen LogP contribution in [0.3, 0.4) is 0 Å². The van der Waals surface area contributed by atoms with Crippen LogP contribution in [-0.4, -0.2) is 15.4 Å². The molecular weight excluding hydrogens is 687 g/mol. The average Bonchev–Trinajstić information content (AvgIpc) is 3.66. The third kappa shape index (κ3) is 5.81. The van der Waals surface area contributed by atoms with Crippen LogP contribution in [0.5, 0.6) is 0 Å². The quantitative estimate of drug-likeness (QED) is 0.165. The Morgan fingerprint density at radius 1 is 0.291 bits per heavy atom. The van der Waals surface area contributed by atoms with E-state index in [2.05, 4.69) is 205 Å². The second-order valence-electron chi connectivity index (χ2n) is 13.6. The highest BCUT2D eigenvalue weighted by molar-refractivity contribution is 7.25. The first-order chi connectivity index (χ1) is 27.3. The molecule has 0 bridgehead atoms. The average molecular weight is 720 g/mol. The molecule has 55 heavy (non-hydrogen) atoms. The zero-order valence-electron chi connectivity index (χ0n) is 29.8. The van der Waals surface area contributed by atoms with Gasteiger partial charge in [-0.25, -0.2) is 0 Å². The molecule has 0 aliphatic rings. The van der Waals surface area contributed by atoms with Crippen molar-refractivity contribution in [2.45, 2.75) is 0 Å². The summed E-state index contributed by atoms with van der Waals surface area (Å²) in [6.07, 6.45) is 0. The predicted molar refractivity (Wildman–Crippen MR) is 231 cm³/mol. The van der Waals surface area contributed by atoms with Crippen LogP contribution in [0, 0.1) is 0 Å². The minimum absolute atomic E-state index is 0.779. The number of aromatic nitrogens is 3. The second kappa shape index (κ2) is 14.1. The van der Waals surface area contributed by atoms with E-state index in [4.69, 9.17) is 10.2 Å². The summed E-state index contributed by atoms with van der Waals surface area (Å²) in [5, 5.41) is 17.2. The summed E-state index contributed by atoms with van der Waals surface area (Å²) in [7, 11) is 0. The summed E-state index contributed by atoms with van der Waals surface area (Å²) in [5.74, 6) is 0. The number of fused-ring (bicyclic) bond motifs is 3. The summed E-state index contributed by atoms with van der Waals surface area (Å²) in [6, 6.07) is 70.9. The highest BCUT2D eigenvalue weighted by Gasteiger charge is 2.27. The normalized spacial score (nSPS) is 11.3. The summed E-state index contributed by atoms with van der Waals surface area (Å²) in [6.45, 7) is 0. The van der Waals surface area contributed by atoms with Gasteiger partial charge in [-0.05, 0) is 67.4 Å². The molecule has 10 aromatic rings. The Morgan fingerprint density at radius 3 is 1.44 bits per heavy atom. The lowest BCUT2D eigenvalue weighted by atomic mass is 9.83. The van der Waals surface area contributed by atoms with E-state index in [1.54, 1.807) is 0 Å². The molecule has 4 heteroatoms. The van der Waals surface area contributed by atoms with Gasteiger partial charge in [0.15, 0.2) is 0 Å². The van der Waals surface area contributed by atoms with Gasteiger partial charge in [0.25, 0.3) is 0 Å². The Balaban J connectivity index is 1.36. The first-order valence-corrected chi connectivity index (χ1v) is 19.3. The van der Waals surface area contributed by atoms with Crippen LogP contribution in [0.2, 0.25) is 0 Å². The van der Waals surface area contributed by atoms with E-state index >= 15 is 0 Å². The first-order valence-electron chi connectivity index (χ1n) is 18.5. The molecule has 258 valence electrons. The van der Waals surface area contributed by atoms with Gasteiger partial charge in [0.1, 0.15) is 11.4 Å². The van der Waals surface area contributed by atoms with Crippen LogP contribution in [0.1, 0.15) is 0 Å². The number of thiophene rings is 1. The SMILES string of the molecule is c1ccc(-c2ccccc2-c2nnnc(-c3c(-c4ccccc4)cccc3-c3cccc4sc5ccccc5c34)c2-c2ccccc2-c2ccccc2)cc1. The predicted octanol–water partition coefficient (Wildman–Crippen LogP) is 13.9. The Kier molecular flexibility index (Phi) is 8.36. The lowest BCUT2D eigenvalue weighted by molar-refractivity contribution is 0.879. The highest BCUT2D eigenvalue weighted by atomic mass is 32.1. The van der Waals surface area contributed by atoms with E-state index in [-0.39, 0.29) is 0 Å². The van der Waals surface area contributed by atoms with Crippen LogP contribution in [0.25, 0.3) is 98.3 Å². The molecular formula is C51H33N3S. The summed E-state index contributed by atoms with van der Waals surface area (Å²) < 4.78 is 2.52. The van der Waals surface area contributed by atoms with Crippen LogP contribution in [0.4, 0.5) is 0 Å². The maximum absolute atomic E-state index is 5.09. The molecule has 0 aliphatic heterocycles. The van der Waals surface area contributed by atoms with E-state index in [0.717, 1.165) is 78.1 Å². The first kappa shape index (κ1) is 32.6. The van der Waals surface area contributed by atoms with E-state index in [9.17, 15) is 0 Å². The molecule has 0 atom stereocenters. The molecule has 2 aromatic heterocycles. The Bertz CT molecular complexity index is 2970. The number of hydrogen-bond donors (Lipinski definition) is 0. The highest BCUT2D eigenvalue weighted by Crippen LogP contribution is 2.50. The van der Waals surface area contributed by atoms with E-state index < -0.39 is 0 Å². The van der Waals surface area contributed by atoms with Gasteiger partial charge >= 0.3 is 0 Å². The van der Waals surface area contributed by atoms with Gasteiger partial charge in [0.05, 0.1) is 0 Å². The number of benzene rings is 8. The molecule has 2 heterocycles. The maximum Gasteiger partial charge on any atom is 0.106 e. The number of nitrogens with zero attached hydrogens (tertiary/aromatic N) is 3. The lowest BCUT2D eigenvalue weighted by Gasteiger charge is -2.22. The van der Waals surface area contributed by atoms with Crippen molar-refractivity contribution in [1.29, 1.82) is 0 Å². The molecule has 0 saturated carbocycles. The monoisotopic (exact) mass is 719 g/mol. The van der Waals surface area contributed by atoms with Crippen molar-refractivity contribution in [2.75, 3.05) is 0 Å². The number of hydrogen-bond acceptors (Lipinski definition) is 4. The fourth-order valence-electron chi connectivity index (χ4n) is 7.96. The van der Waals surface area contributed by atoms with E-state index in [1.807, 2.05) is 11.3 Å². The zero-order valence-corrected chi connectivity index (χ0v) is 30.6. The van der Waals surface area contributed by atoms with Gasteiger partial charge in [0, 0.05) is 36.9 Å². The summed E-state index contributed by atoms with van der Waals surface area (Å²) in [4.78, 5) is 0. The molecule has 0 spiro atoms. The Hall–Kier alpha value is -7.01. The fourth-order valence-corrected chi connectivity index (χ4v) is 9.09. The smallest absolute Gasteiger partial charge is 0.106 e. The van der Waals surface area contributed by atoms with Gasteiger partial charge in [0.2, 0.25) is 0 Å². The topological polar surface area (TPSA) is 38.7 Å². The van der Waals surface area contributed by atoms with Gasteiger partial charge in [-0.3, -0.25) is 0 Å². The third-order valence-electron chi connectivity index (χ3n) is 10.4. The van der Waals surface area contributed by atoms with Crippen molar-refractivity contribution in [3.63, 3.8) is 0 Å². The van der Waals surface area contributed by atoms with Gasteiger partial charge < -0.3 is 0 Å². The van der Waals surface area contributed by atoms with Crippen molar-refractivity contribution in [2.24, 2.45) is 0 Å². The van der Waals surface area contributed by atoms with Crippen LogP contribution in [-0.2, 0) is 0 Å². The van der Waals surface area contributed by atoms with E-state index in [0.29, 0.717) is 0 Å². The molecule has 0 radical (unpaired) electrons. The second-order valence-corrected chi connectivity index (χ2v) is 14.6. The molecule has 0 unspecified atom stereocenters. The van der Waals surface area contributed by atoms with Crippen molar-refractivity contribution in [3.8, 4) is 78.1 Å². The van der Waals surface area contributed by atoms with Crippen LogP contribution >= 0.6 is 11.3 Å². The molecule has 0 N–H and O–H groups in total. The molecule has 0 aliphatic carbocycles. The molecule has 10 rings (SSSR count). The third-order valence-corrected chi connectivity index (χ3v) is 11.5. The molecule has 8 aromatic carbocycles. The van der Waals surface area contributed by atoms with Crippen molar-refractivity contribution in [1.82, 2.24) is 15.4 Å². The Labute approximate surface area is 323 Å². The molecule has 0 saturated heterocycles. The van der Waals surface area contributed by atoms with Crippen LogP contribution < -0.4 is 0 Å². The minimum Gasteiger partial charge on any atom is -0.135 e. The Morgan fingerprint density at radius 2 is 0.745 bits per heavy atom. The van der Waals surface area contributed by atoms with Gasteiger partial charge in [-0.15, -0.1) is 21.5 Å². The van der Waals surface area contributed by atoms with Crippen LogP contribution in [0.15, 0.2) is 200 Å². The van der Waals surface area contributed by atoms with Crippen molar-refractivity contribution < 1.29 is 0 Å². The fraction of sp³-hybridized carbons (Fsp3) is 0. The van der Waals surface area contributed by atoms with Crippen molar-refractivity contribution >= 4 is 31.5 Å². The molecule has 0 amide bonds. The summed E-state index contributed by atoms with van der Waals surface area (Å²) in [5.41, 5.74) is 14.4. The lowest BCUT2D eigenvalue weighted by Crippen LogP contribution is -2.04. The van der Waals surface area contributed by atoms with E-state index in [1.165, 1.54) is 20.2 Å². The molecule has 3 nitrogen and oxygen atoms in total. The van der Waals surface area contributed by atoms with Gasteiger partial charge in [-0.1, -0.05) is 188 Å². The van der Waals surface area contributed by atoms with Gasteiger partial charge in [-0.2, -0.15) is 0 Å². The number of rotatable bonds is 7. The molecule has 0 fully saturated rings. The maximum atomic E-state index is 5.09. The van der Waals surface area contributed by atoms with Crippen molar-refractivity contribution in [3.05, 3.63) is 200 Å². The zero-order chi connectivity index (χ0) is 36.6. The standard InChI is InChI=1S/C51H33N3S/c1-4-18-34(19-5-1)37-24-10-12-26-40(37)49-50(43-27-13-11-25-38(43)35-20-6-2-7-21-35)52-54-53-51(49)48-39(36-22-8-3-9-23-36)29-16-30-42(48)41-31-17-33-46-47(41)44-28-14-15-32-45(44)55-46/h1-33H.